The molecular formula is C30H34N2O3. The third-order valence-corrected chi connectivity index (χ3v) is 5.90. The fraction of sp³-hybridized carbons (Fsp3) is 0.267. The average Bonchev–Trinajstić information content (AvgIpc) is 2.88. The van der Waals surface area contributed by atoms with E-state index in [1.54, 1.807) is 26.4 Å². The third kappa shape index (κ3) is 7.85. The van der Waals surface area contributed by atoms with Gasteiger partial charge >= 0.3 is 0 Å². The molecule has 0 radical (unpaired) electrons. The summed E-state index contributed by atoms with van der Waals surface area (Å²) in [6.45, 7) is 4.07. The predicted molar refractivity (Wildman–Crippen MR) is 142 cm³/mol. The van der Waals surface area contributed by atoms with Crippen LogP contribution in [0.4, 0.5) is 0 Å². The molecule has 1 aromatic heterocycles. The van der Waals surface area contributed by atoms with Gasteiger partial charge in [-0.3, -0.25) is 9.78 Å². The molecule has 3 aromatic rings. The summed E-state index contributed by atoms with van der Waals surface area (Å²) in [6, 6.07) is 19.9. The normalized spacial score (nSPS) is 11.7. The second-order valence-corrected chi connectivity index (χ2v) is 8.45. The van der Waals surface area contributed by atoms with Crippen LogP contribution in [0, 0.1) is 6.92 Å². The van der Waals surface area contributed by atoms with Crippen molar-refractivity contribution in [1.29, 1.82) is 0 Å². The maximum atomic E-state index is 12.5. The van der Waals surface area contributed by atoms with Gasteiger partial charge in [0.05, 0.1) is 14.2 Å². The van der Waals surface area contributed by atoms with E-state index >= 15 is 0 Å². The van der Waals surface area contributed by atoms with E-state index in [1.165, 1.54) is 5.56 Å². The van der Waals surface area contributed by atoms with Crippen LogP contribution >= 0.6 is 0 Å². The van der Waals surface area contributed by atoms with E-state index in [-0.39, 0.29) is 11.9 Å². The maximum absolute atomic E-state index is 12.5. The molecule has 0 aliphatic heterocycles. The Labute approximate surface area is 208 Å². The molecule has 1 atom stereocenters. The first kappa shape index (κ1) is 25.8. The second kappa shape index (κ2) is 13.1. The van der Waals surface area contributed by atoms with Crippen LogP contribution in [0.2, 0.25) is 0 Å². The van der Waals surface area contributed by atoms with E-state index in [0.29, 0.717) is 0 Å². The quantitative estimate of drug-likeness (QED) is 0.279. The SMILES string of the molecule is COc1ccc(C(=C/C=C/C(=O)N[C@H](C)CCCc2cccnc2C)c2ccc(OC)cc2)cc1. The number of methoxy groups -OCH3 is 2. The first-order valence-corrected chi connectivity index (χ1v) is 11.9. The second-order valence-electron chi connectivity index (χ2n) is 8.45. The van der Waals surface area contributed by atoms with Gasteiger partial charge in [-0.1, -0.05) is 42.5 Å². The molecule has 0 aliphatic carbocycles. The Balaban J connectivity index is 1.63. The summed E-state index contributed by atoms with van der Waals surface area (Å²) in [6.07, 6.45) is 10.0. The van der Waals surface area contributed by atoms with E-state index in [1.807, 2.05) is 80.7 Å². The van der Waals surface area contributed by atoms with Gasteiger partial charge < -0.3 is 14.8 Å². The lowest BCUT2D eigenvalue weighted by Crippen LogP contribution is -2.31. The van der Waals surface area contributed by atoms with Crippen LogP contribution in [-0.4, -0.2) is 31.2 Å². The Morgan fingerprint density at radius 1 is 0.971 bits per heavy atom. The molecule has 1 amide bonds. The van der Waals surface area contributed by atoms with Crippen LogP contribution in [-0.2, 0) is 11.2 Å². The van der Waals surface area contributed by atoms with Crippen molar-refractivity contribution in [2.45, 2.75) is 39.2 Å². The van der Waals surface area contributed by atoms with E-state index in [0.717, 1.165) is 53.2 Å². The first-order chi connectivity index (χ1) is 17.0. The van der Waals surface area contributed by atoms with Crippen LogP contribution in [0.15, 0.2) is 85.1 Å². The molecular weight excluding hydrogens is 436 g/mol. The van der Waals surface area contributed by atoms with Gasteiger partial charge in [0, 0.05) is 24.0 Å². The molecule has 5 heteroatoms. The number of ether oxygens (including phenoxy) is 2. The lowest BCUT2D eigenvalue weighted by atomic mass is 9.97. The number of benzene rings is 2. The number of rotatable bonds is 11. The van der Waals surface area contributed by atoms with Crippen LogP contribution in [0.5, 0.6) is 11.5 Å². The number of allylic oxidation sites excluding steroid dienone is 2. The minimum absolute atomic E-state index is 0.0933. The predicted octanol–water partition coefficient (Wildman–Crippen LogP) is 5.92. The zero-order chi connectivity index (χ0) is 25.0. The highest BCUT2D eigenvalue weighted by molar-refractivity contribution is 5.89. The molecule has 3 rings (SSSR count). The van der Waals surface area contributed by atoms with Gasteiger partial charge in [-0.2, -0.15) is 0 Å². The number of hydrogen-bond acceptors (Lipinski definition) is 4. The van der Waals surface area contributed by atoms with Crippen LogP contribution in [0.1, 0.15) is 42.1 Å². The van der Waals surface area contributed by atoms with Gasteiger partial charge in [-0.15, -0.1) is 0 Å². The summed E-state index contributed by atoms with van der Waals surface area (Å²) in [5.41, 5.74) is 5.39. The fourth-order valence-electron chi connectivity index (χ4n) is 3.88. The molecule has 0 unspecified atom stereocenters. The average molecular weight is 471 g/mol. The Hall–Kier alpha value is -3.86. The molecule has 0 bridgehead atoms. The zero-order valence-electron chi connectivity index (χ0n) is 21.0. The number of amides is 1. The van der Waals surface area contributed by atoms with Gasteiger partial charge in [0.25, 0.3) is 0 Å². The molecule has 1 heterocycles. The van der Waals surface area contributed by atoms with Gasteiger partial charge in [-0.05, 0) is 85.7 Å². The minimum Gasteiger partial charge on any atom is -0.497 e. The molecule has 182 valence electrons. The van der Waals surface area contributed by atoms with E-state index in [2.05, 4.69) is 16.4 Å². The van der Waals surface area contributed by atoms with Gasteiger partial charge in [0.2, 0.25) is 5.91 Å². The molecule has 35 heavy (non-hydrogen) atoms. The largest absolute Gasteiger partial charge is 0.497 e. The van der Waals surface area contributed by atoms with Crippen molar-refractivity contribution < 1.29 is 14.3 Å². The number of pyridine rings is 1. The monoisotopic (exact) mass is 470 g/mol. The standard InChI is InChI=1S/C30H34N2O3/c1-22(8-5-9-24-10-7-21-31-23(24)2)32-30(33)12-6-11-29(25-13-17-27(34-3)18-14-25)26-15-19-28(35-4)20-16-26/h6-7,10-22H,5,8-9H2,1-4H3,(H,32,33)/b12-6+/t22-/m1/s1. The highest BCUT2D eigenvalue weighted by atomic mass is 16.5. The lowest BCUT2D eigenvalue weighted by Gasteiger charge is -2.13. The van der Waals surface area contributed by atoms with Crippen LogP contribution < -0.4 is 14.8 Å². The Kier molecular flexibility index (Phi) is 9.67. The van der Waals surface area contributed by atoms with Gasteiger partial charge in [0.1, 0.15) is 11.5 Å². The van der Waals surface area contributed by atoms with E-state index in [9.17, 15) is 4.79 Å². The smallest absolute Gasteiger partial charge is 0.244 e. The molecule has 5 nitrogen and oxygen atoms in total. The van der Waals surface area contributed by atoms with Gasteiger partial charge in [-0.25, -0.2) is 0 Å². The number of aromatic nitrogens is 1. The molecule has 2 aromatic carbocycles. The molecule has 0 saturated heterocycles. The first-order valence-electron chi connectivity index (χ1n) is 11.9. The number of nitrogens with zero attached hydrogens (tertiary/aromatic N) is 1. The van der Waals surface area contributed by atoms with E-state index in [4.69, 9.17) is 9.47 Å². The lowest BCUT2D eigenvalue weighted by molar-refractivity contribution is -0.117. The Morgan fingerprint density at radius 2 is 1.57 bits per heavy atom. The molecule has 0 fully saturated rings. The number of hydrogen-bond donors (Lipinski definition) is 1. The Morgan fingerprint density at radius 3 is 2.11 bits per heavy atom. The van der Waals surface area contributed by atoms with E-state index < -0.39 is 0 Å². The van der Waals surface area contributed by atoms with Crippen molar-refractivity contribution in [3.63, 3.8) is 0 Å². The molecule has 0 aliphatic rings. The topological polar surface area (TPSA) is 60.5 Å². The molecule has 0 spiro atoms. The minimum atomic E-state index is -0.102. The molecule has 0 saturated carbocycles. The highest BCUT2D eigenvalue weighted by Crippen LogP contribution is 2.27. The van der Waals surface area contributed by atoms with Crippen molar-refractivity contribution in [2.24, 2.45) is 0 Å². The summed E-state index contributed by atoms with van der Waals surface area (Å²) in [4.78, 5) is 16.8. The van der Waals surface area contributed by atoms with Crippen molar-refractivity contribution >= 4 is 11.5 Å². The van der Waals surface area contributed by atoms with Crippen molar-refractivity contribution in [2.75, 3.05) is 14.2 Å². The number of carbonyl (C=O) groups excluding carboxylic acids is 1. The van der Waals surface area contributed by atoms with Crippen molar-refractivity contribution in [1.82, 2.24) is 10.3 Å². The molecule has 1 N–H and O–H groups in total. The maximum Gasteiger partial charge on any atom is 0.244 e. The fourth-order valence-corrected chi connectivity index (χ4v) is 3.88. The van der Waals surface area contributed by atoms with Crippen molar-refractivity contribution in [3.8, 4) is 11.5 Å². The Bertz CT molecular complexity index is 1100. The van der Waals surface area contributed by atoms with Crippen LogP contribution in [0.3, 0.4) is 0 Å². The summed E-state index contributed by atoms with van der Waals surface area (Å²) in [5, 5.41) is 3.06. The van der Waals surface area contributed by atoms with Crippen molar-refractivity contribution in [3.05, 3.63) is 107 Å². The number of carbonyl (C=O) groups is 1. The summed E-state index contributed by atoms with van der Waals surface area (Å²) >= 11 is 0. The number of aryl methyl sites for hydroxylation is 2. The summed E-state index contributed by atoms with van der Waals surface area (Å²) < 4.78 is 10.6. The highest BCUT2D eigenvalue weighted by Gasteiger charge is 2.08. The third-order valence-electron chi connectivity index (χ3n) is 5.90. The summed E-state index contributed by atoms with van der Waals surface area (Å²) in [5.74, 6) is 1.49. The number of nitrogens with one attached hydrogen (secondary N) is 1. The van der Waals surface area contributed by atoms with Gasteiger partial charge in [0.15, 0.2) is 0 Å². The van der Waals surface area contributed by atoms with Crippen LogP contribution in [0.25, 0.3) is 5.57 Å². The zero-order valence-corrected chi connectivity index (χ0v) is 21.0. The summed E-state index contributed by atoms with van der Waals surface area (Å²) in [7, 11) is 3.30.